The summed E-state index contributed by atoms with van der Waals surface area (Å²) >= 11 is 0. The number of aliphatic hydroxyl groups is 1. The Bertz CT molecular complexity index is 1010. The highest BCUT2D eigenvalue weighted by Crippen LogP contribution is 2.33. The van der Waals surface area contributed by atoms with Gasteiger partial charge in [-0.05, 0) is 30.7 Å². The van der Waals surface area contributed by atoms with Crippen molar-refractivity contribution in [1.82, 2.24) is 14.8 Å². The first kappa shape index (κ1) is 18.5. The third-order valence-corrected chi connectivity index (χ3v) is 6.02. The molecule has 3 aromatic rings. The van der Waals surface area contributed by atoms with Gasteiger partial charge in [0.05, 0.1) is 6.10 Å². The summed E-state index contributed by atoms with van der Waals surface area (Å²) in [6.07, 6.45) is -0.480. The topological polar surface area (TPSA) is 61.0 Å². The normalized spacial score (nSPS) is 18.4. The molecule has 0 aliphatic carbocycles. The summed E-state index contributed by atoms with van der Waals surface area (Å²) < 4.78 is 10.9. The zero-order valence-electron chi connectivity index (χ0n) is 16.7. The SMILES string of the molecule is Cc1[nH]c2ccccc2c1[C@H](O)CN1CCN(Cc2ccc3c(c2)OCO3)CC1. The molecule has 2 aromatic carbocycles. The minimum Gasteiger partial charge on any atom is -0.454 e. The number of β-amino-alcohol motifs (C(OH)–C–C–N with tert-alkyl or cyclic N) is 1. The number of rotatable bonds is 5. The number of benzene rings is 2. The number of hydrogen-bond donors (Lipinski definition) is 2. The van der Waals surface area contributed by atoms with Gasteiger partial charge in [0.15, 0.2) is 11.5 Å². The number of hydrogen-bond acceptors (Lipinski definition) is 5. The van der Waals surface area contributed by atoms with Crippen LogP contribution < -0.4 is 9.47 Å². The molecule has 2 aliphatic heterocycles. The van der Waals surface area contributed by atoms with E-state index in [2.05, 4.69) is 39.0 Å². The number of ether oxygens (including phenoxy) is 2. The van der Waals surface area contributed by atoms with Crippen molar-refractivity contribution >= 4 is 10.9 Å². The van der Waals surface area contributed by atoms with Gasteiger partial charge in [0.25, 0.3) is 0 Å². The van der Waals surface area contributed by atoms with E-state index in [4.69, 9.17) is 9.47 Å². The maximum absolute atomic E-state index is 10.9. The molecule has 0 bridgehead atoms. The van der Waals surface area contributed by atoms with Crippen molar-refractivity contribution in [2.75, 3.05) is 39.5 Å². The maximum atomic E-state index is 10.9. The van der Waals surface area contributed by atoms with Gasteiger partial charge in [0, 0.05) is 61.4 Å². The van der Waals surface area contributed by atoms with Gasteiger partial charge in [0.1, 0.15) is 0 Å². The Morgan fingerprint density at radius 2 is 1.76 bits per heavy atom. The molecule has 29 heavy (non-hydrogen) atoms. The van der Waals surface area contributed by atoms with Gasteiger partial charge in [-0.2, -0.15) is 0 Å². The lowest BCUT2D eigenvalue weighted by atomic mass is 10.0. The summed E-state index contributed by atoms with van der Waals surface area (Å²) in [5.74, 6) is 1.68. The number of nitrogens with zero attached hydrogens (tertiary/aromatic N) is 2. The highest BCUT2D eigenvalue weighted by atomic mass is 16.7. The smallest absolute Gasteiger partial charge is 0.231 e. The third-order valence-electron chi connectivity index (χ3n) is 6.02. The maximum Gasteiger partial charge on any atom is 0.231 e. The van der Waals surface area contributed by atoms with Crippen molar-refractivity contribution in [2.45, 2.75) is 19.6 Å². The largest absolute Gasteiger partial charge is 0.454 e. The molecule has 2 aliphatic rings. The molecule has 0 spiro atoms. The molecule has 1 fully saturated rings. The molecule has 1 atom stereocenters. The second-order valence-corrected chi connectivity index (χ2v) is 7.99. The molecule has 1 aromatic heterocycles. The summed E-state index contributed by atoms with van der Waals surface area (Å²) in [7, 11) is 0. The van der Waals surface area contributed by atoms with Crippen molar-refractivity contribution < 1.29 is 14.6 Å². The number of fused-ring (bicyclic) bond motifs is 2. The standard InChI is InChI=1S/C23H27N3O3/c1-16-23(18-4-2-3-5-19(18)24-16)20(27)14-26-10-8-25(9-11-26)13-17-6-7-21-22(12-17)29-15-28-21/h2-7,12,20,24,27H,8-11,13-15H2,1H3/t20-/m1/s1. The number of aryl methyl sites for hydroxylation is 1. The fourth-order valence-electron chi connectivity index (χ4n) is 4.49. The van der Waals surface area contributed by atoms with Crippen LogP contribution in [0.1, 0.15) is 22.9 Å². The van der Waals surface area contributed by atoms with E-state index in [-0.39, 0.29) is 0 Å². The molecule has 3 heterocycles. The van der Waals surface area contributed by atoms with Gasteiger partial charge < -0.3 is 19.6 Å². The second kappa shape index (κ2) is 7.71. The Hall–Kier alpha value is -2.54. The zero-order chi connectivity index (χ0) is 19.8. The monoisotopic (exact) mass is 393 g/mol. The minimum absolute atomic E-state index is 0.315. The van der Waals surface area contributed by atoms with Crippen LogP contribution in [-0.2, 0) is 6.54 Å². The van der Waals surface area contributed by atoms with E-state index >= 15 is 0 Å². The van der Waals surface area contributed by atoms with E-state index in [9.17, 15) is 5.11 Å². The number of aliphatic hydroxyl groups excluding tert-OH is 1. The molecule has 6 nitrogen and oxygen atoms in total. The van der Waals surface area contributed by atoms with Gasteiger partial charge in [-0.1, -0.05) is 24.3 Å². The van der Waals surface area contributed by atoms with Crippen LogP contribution >= 0.6 is 0 Å². The van der Waals surface area contributed by atoms with E-state index in [0.29, 0.717) is 13.3 Å². The number of aromatic nitrogens is 1. The van der Waals surface area contributed by atoms with Crippen molar-refractivity contribution in [3.8, 4) is 11.5 Å². The Balaban J connectivity index is 1.18. The average Bonchev–Trinajstić information content (AvgIpc) is 3.32. The van der Waals surface area contributed by atoms with E-state index in [0.717, 1.165) is 66.4 Å². The van der Waals surface area contributed by atoms with Crippen LogP contribution in [0.3, 0.4) is 0 Å². The lowest BCUT2D eigenvalue weighted by Gasteiger charge is -2.35. The first-order chi connectivity index (χ1) is 14.2. The molecule has 1 saturated heterocycles. The average molecular weight is 393 g/mol. The molecule has 0 saturated carbocycles. The van der Waals surface area contributed by atoms with Gasteiger partial charge in [-0.15, -0.1) is 0 Å². The van der Waals surface area contributed by atoms with Crippen molar-refractivity contribution in [3.63, 3.8) is 0 Å². The molecular formula is C23H27N3O3. The summed E-state index contributed by atoms with van der Waals surface area (Å²) in [6, 6.07) is 14.4. The van der Waals surface area contributed by atoms with E-state index in [1.165, 1.54) is 5.56 Å². The first-order valence-corrected chi connectivity index (χ1v) is 10.3. The van der Waals surface area contributed by atoms with E-state index in [1.54, 1.807) is 0 Å². The van der Waals surface area contributed by atoms with Crippen LogP contribution in [0.25, 0.3) is 10.9 Å². The quantitative estimate of drug-likeness (QED) is 0.698. The second-order valence-electron chi connectivity index (χ2n) is 7.99. The molecule has 5 rings (SSSR count). The lowest BCUT2D eigenvalue weighted by molar-refractivity contribution is 0.0704. The van der Waals surface area contributed by atoms with Crippen LogP contribution in [0.15, 0.2) is 42.5 Å². The van der Waals surface area contributed by atoms with E-state index in [1.807, 2.05) is 25.1 Å². The summed E-state index contributed by atoms with van der Waals surface area (Å²) in [6.45, 7) is 7.85. The Labute approximate surface area is 170 Å². The third kappa shape index (κ3) is 3.71. The molecule has 6 heteroatoms. The number of para-hydroxylation sites is 1. The van der Waals surface area contributed by atoms with Crippen LogP contribution in [0.5, 0.6) is 11.5 Å². The first-order valence-electron chi connectivity index (χ1n) is 10.3. The number of H-pyrrole nitrogens is 1. The number of piperazine rings is 1. The van der Waals surface area contributed by atoms with Crippen molar-refractivity contribution in [2.24, 2.45) is 0 Å². The molecule has 0 unspecified atom stereocenters. The van der Waals surface area contributed by atoms with Gasteiger partial charge in [0.2, 0.25) is 6.79 Å². The summed E-state index contributed by atoms with van der Waals surface area (Å²) in [4.78, 5) is 8.21. The van der Waals surface area contributed by atoms with Gasteiger partial charge in [-0.25, -0.2) is 0 Å². The van der Waals surface area contributed by atoms with Crippen LogP contribution in [0.4, 0.5) is 0 Å². The van der Waals surface area contributed by atoms with Crippen molar-refractivity contribution in [1.29, 1.82) is 0 Å². The predicted molar refractivity (Wildman–Crippen MR) is 112 cm³/mol. The highest BCUT2D eigenvalue weighted by molar-refractivity contribution is 5.84. The summed E-state index contributed by atoms with van der Waals surface area (Å²) in [5, 5.41) is 12.1. The molecular weight excluding hydrogens is 366 g/mol. The fraction of sp³-hybridized carbons (Fsp3) is 0.391. The zero-order valence-corrected chi connectivity index (χ0v) is 16.7. The fourth-order valence-corrected chi connectivity index (χ4v) is 4.49. The Kier molecular flexibility index (Phi) is 4.91. The van der Waals surface area contributed by atoms with Crippen molar-refractivity contribution in [3.05, 3.63) is 59.3 Å². The molecule has 152 valence electrons. The van der Waals surface area contributed by atoms with Crippen LogP contribution in [0.2, 0.25) is 0 Å². The minimum atomic E-state index is -0.480. The van der Waals surface area contributed by atoms with Crippen LogP contribution in [0, 0.1) is 6.92 Å². The van der Waals surface area contributed by atoms with E-state index < -0.39 is 6.10 Å². The summed E-state index contributed by atoms with van der Waals surface area (Å²) in [5.41, 5.74) is 4.42. The Morgan fingerprint density at radius 1 is 1.00 bits per heavy atom. The van der Waals surface area contributed by atoms with Crippen LogP contribution in [-0.4, -0.2) is 59.4 Å². The lowest BCUT2D eigenvalue weighted by Crippen LogP contribution is -2.47. The molecule has 0 amide bonds. The molecule has 0 radical (unpaired) electrons. The predicted octanol–water partition coefficient (Wildman–Crippen LogP) is 3.06. The number of nitrogens with one attached hydrogen (secondary N) is 1. The Morgan fingerprint density at radius 3 is 2.62 bits per heavy atom. The highest BCUT2D eigenvalue weighted by Gasteiger charge is 2.23. The van der Waals surface area contributed by atoms with Gasteiger partial charge in [-0.3, -0.25) is 9.80 Å². The number of aromatic amines is 1. The van der Waals surface area contributed by atoms with Gasteiger partial charge >= 0.3 is 0 Å². The molecule has 2 N–H and O–H groups in total.